The van der Waals surface area contributed by atoms with Crippen LogP contribution in [-0.4, -0.2) is 25.0 Å². The van der Waals surface area contributed by atoms with Gasteiger partial charge in [-0.15, -0.1) is 0 Å². The highest BCUT2D eigenvalue weighted by Gasteiger charge is 2.30. The maximum Gasteiger partial charge on any atom is 0.144 e. The van der Waals surface area contributed by atoms with Gasteiger partial charge in [0.05, 0.1) is 19.1 Å². The highest BCUT2D eigenvalue weighted by molar-refractivity contribution is 9.10. The zero-order valence-electron chi connectivity index (χ0n) is 9.16. The van der Waals surface area contributed by atoms with Crippen molar-refractivity contribution in [3.63, 3.8) is 0 Å². The zero-order chi connectivity index (χ0) is 12.4. The Morgan fingerprint density at radius 3 is 2.82 bits per heavy atom. The molecule has 5 heteroatoms. The molecular weight excluding hydrogens is 289 g/mol. The number of halogens is 2. The quantitative estimate of drug-likeness (QED) is 0.924. The van der Waals surface area contributed by atoms with Gasteiger partial charge in [0.2, 0.25) is 0 Å². The fraction of sp³-hybridized carbons (Fsp3) is 0.417. The highest BCUT2D eigenvalue weighted by Crippen LogP contribution is 2.19. The topological polar surface area (TPSA) is 52.3 Å². The second-order valence-electron chi connectivity index (χ2n) is 4.23. The normalized spacial score (nSPS) is 23.9. The Morgan fingerprint density at radius 2 is 2.24 bits per heavy atom. The first-order chi connectivity index (χ1) is 8.06. The molecule has 2 rings (SSSR count). The van der Waals surface area contributed by atoms with E-state index in [-0.39, 0.29) is 30.0 Å². The predicted octanol–water partition coefficient (Wildman–Crippen LogP) is 1.67. The summed E-state index contributed by atoms with van der Waals surface area (Å²) in [4.78, 5) is 11.9. The number of benzene rings is 1. The molecule has 1 aliphatic heterocycles. The number of ether oxygens (including phenoxy) is 1. The number of ketones is 1. The monoisotopic (exact) mass is 301 g/mol. The van der Waals surface area contributed by atoms with Crippen LogP contribution in [0, 0.1) is 11.7 Å². The van der Waals surface area contributed by atoms with Gasteiger partial charge in [-0.05, 0) is 23.8 Å². The van der Waals surface area contributed by atoms with E-state index in [1.54, 1.807) is 6.07 Å². The van der Waals surface area contributed by atoms with E-state index in [0.717, 1.165) is 0 Å². The number of carbonyl (C=O) groups is 1. The SMILES string of the molecule is NC1COCC1C(=O)Cc1cc(F)cc(Br)c1. The van der Waals surface area contributed by atoms with Gasteiger partial charge in [-0.1, -0.05) is 15.9 Å². The third-order valence-corrected chi connectivity index (χ3v) is 3.30. The molecule has 1 saturated heterocycles. The smallest absolute Gasteiger partial charge is 0.144 e. The lowest BCUT2D eigenvalue weighted by molar-refractivity contribution is -0.122. The Morgan fingerprint density at radius 1 is 1.47 bits per heavy atom. The molecule has 1 heterocycles. The van der Waals surface area contributed by atoms with Crippen molar-refractivity contribution in [1.29, 1.82) is 0 Å². The third-order valence-electron chi connectivity index (χ3n) is 2.84. The summed E-state index contributed by atoms with van der Waals surface area (Å²) in [5.41, 5.74) is 6.42. The molecule has 2 N–H and O–H groups in total. The third kappa shape index (κ3) is 3.12. The van der Waals surface area contributed by atoms with Crippen molar-refractivity contribution in [2.75, 3.05) is 13.2 Å². The van der Waals surface area contributed by atoms with E-state index in [4.69, 9.17) is 10.5 Å². The molecule has 92 valence electrons. The van der Waals surface area contributed by atoms with Crippen LogP contribution in [0.25, 0.3) is 0 Å². The Bertz CT molecular complexity index is 418. The van der Waals surface area contributed by atoms with E-state index in [9.17, 15) is 9.18 Å². The van der Waals surface area contributed by atoms with Crippen LogP contribution in [-0.2, 0) is 16.0 Å². The number of rotatable bonds is 3. The highest BCUT2D eigenvalue weighted by atomic mass is 79.9. The minimum Gasteiger partial charge on any atom is -0.379 e. The molecule has 17 heavy (non-hydrogen) atoms. The molecule has 1 aromatic carbocycles. The molecule has 1 aromatic rings. The maximum atomic E-state index is 13.1. The van der Waals surface area contributed by atoms with Crippen molar-refractivity contribution in [2.24, 2.45) is 11.7 Å². The van der Waals surface area contributed by atoms with Gasteiger partial charge in [0.15, 0.2) is 0 Å². The summed E-state index contributed by atoms with van der Waals surface area (Å²) in [6, 6.07) is 4.23. The Hall–Kier alpha value is -0.780. The second-order valence-corrected chi connectivity index (χ2v) is 5.14. The Balaban J connectivity index is 2.07. The van der Waals surface area contributed by atoms with Crippen molar-refractivity contribution in [3.05, 3.63) is 34.1 Å². The van der Waals surface area contributed by atoms with Crippen molar-refractivity contribution in [2.45, 2.75) is 12.5 Å². The summed E-state index contributed by atoms with van der Waals surface area (Å²) in [5, 5.41) is 0. The van der Waals surface area contributed by atoms with Gasteiger partial charge in [0.1, 0.15) is 11.6 Å². The van der Waals surface area contributed by atoms with Gasteiger partial charge in [-0.2, -0.15) is 0 Å². The lowest BCUT2D eigenvalue weighted by Gasteiger charge is -2.11. The minimum absolute atomic E-state index is 0.00694. The van der Waals surface area contributed by atoms with Crippen LogP contribution >= 0.6 is 15.9 Å². The van der Waals surface area contributed by atoms with E-state index in [1.807, 2.05) is 0 Å². The largest absolute Gasteiger partial charge is 0.379 e. The summed E-state index contributed by atoms with van der Waals surface area (Å²) in [6.07, 6.45) is 0.193. The van der Waals surface area contributed by atoms with Gasteiger partial charge < -0.3 is 10.5 Å². The zero-order valence-corrected chi connectivity index (χ0v) is 10.7. The van der Waals surface area contributed by atoms with Gasteiger partial charge in [-0.3, -0.25) is 4.79 Å². The molecule has 0 amide bonds. The summed E-state index contributed by atoms with van der Waals surface area (Å²) < 4.78 is 18.9. The van der Waals surface area contributed by atoms with Crippen LogP contribution in [0.1, 0.15) is 5.56 Å². The molecule has 2 atom stereocenters. The molecule has 0 aliphatic carbocycles. The Kier molecular flexibility index (Phi) is 3.91. The van der Waals surface area contributed by atoms with Gasteiger partial charge in [0.25, 0.3) is 0 Å². The minimum atomic E-state index is -0.353. The molecule has 0 saturated carbocycles. The predicted molar refractivity (Wildman–Crippen MR) is 65.1 cm³/mol. The number of nitrogens with two attached hydrogens (primary N) is 1. The average Bonchev–Trinajstić information content (AvgIpc) is 2.62. The Labute approximate surface area is 107 Å². The number of carbonyl (C=O) groups excluding carboxylic acids is 1. The standard InChI is InChI=1S/C12H13BrFNO2/c13-8-1-7(2-9(14)4-8)3-12(16)10-5-17-6-11(10)15/h1-2,4,10-11H,3,5-6,15H2. The van der Waals surface area contributed by atoms with Gasteiger partial charge >= 0.3 is 0 Å². The number of Topliss-reactive ketones (excluding diaryl/α,β-unsaturated/α-hetero) is 1. The van der Waals surface area contributed by atoms with Crippen molar-refractivity contribution < 1.29 is 13.9 Å². The van der Waals surface area contributed by atoms with Crippen molar-refractivity contribution >= 4 is 21.7 Å². The molecule has 3 nitrogen and oxygen atoms in total. The summed E-state index contributed by atoms with van der Waals surface area (Å²) >= 11 is 3.20. The van der Waals surface area contributed by atoms with E-state index in [1.165, 1.54) is 12.1 Å². The van der Waals surface area contributed by atoms with Gasteiger partial charge in [-0.25, -0.2) is 4.39 Å². The van der Waals surface area contributed by atoms with Crippen molar-refractivity contribution in [1.82, 2.24) is 0 Å². The van der Waals surface area contributed by atoms with Crippen molar-refractivity contribution in [3.8, 4) is 0 Å². The molecule has 0 bridgehead atoms. The molecule has 0 aromatic heterocycles. The maximum absolute atomic E-state index is 13.1. The molecule has 1 fully saturated rings. The van der Waals surface area contributed by atoms with Gasteiger partial charge in [0, 0.05) is 16.9 Å². The van der Waals surface area contributed by atoms with E-state index < -0.39 is 0 Å². The fourth-order valence-corrected chi connectivity index (χ4v) is 2.46. The summed E-state index contributed by atoms with van der Waals surface area (Å²) in [7, 11) is 0. The van der Waals surface area contributed by atoms with Crippen LogP contribution in [0.3, 0.4) is 0 Å². The second kappa shape index (κ2) is 5.25. The van der Waals surface area contributed by atoms with E-state index in [0.29, 0.717) is 23.2 Å². The first-order valence-electron chi connectivity index (χ1n) is 5.37. The number of hydrogen-bond acceptors (Lipinski definition) is 3. The van der Waals surface area contributed by atoms with Crippen LogP contribution in [0.5, 0.6) is 0 Å². The van der Waals surface area contributed by atoms with Crippen LogP contribution in [0.15, 0.2) is 22.7 Å². The van der Waals surface area contributed by atoms with E-state index >= 15 is 0 Å². The van der Waals surface area contributed by atoms with E-state index in [2.05, 4.69) is 15.9 Å². The number of hydrogen-bond donors (Lipinski definition) is 1. The first-order valence-corrected chi connectivity index (χ1v) is 6.16. The molecular formula is C12H13BrFNO2. The first kappa shape index (κ1) is 12.7. The fourth-order valence-electron chi connectivity index (χ4n) is 1.95. The molecule has 0 radical (unpaired) electrons. The average molecular weight is 302 g/mol. The van der Waals surface area contributed by atoms with Crippen LogP contribution in [0.4, 0.5) is 4.39 Å². The molecule has 2 unspecified atom stereocenters. The van der Waals surface area contributed by atoms with Crippen LogP contribution < -0.4 is 5.73 Å². The lowest BCUT2D eigenvalue weighted by atomic mass is 9.94. The lowest BCUT2D eigenvalue weighted by Crippen LogP contribution is -2.34. The summed E-state index contributed by atoms with van der Waals surface area (Å²) in [6.45, 7) is 0.791. The summed E-state index contributed by atoms with van der Waals surface area (Å²) in [5.74, 6) is -0.612. The molecule has 0 spiro atoms. The molecule has 1 aliphatic rings. The van der Waals surface area contributed by atoms with Crippen LogP contribution in [0.2, 0.25) is 0 Å².